The number of carbonyl (C=O) groups is 2. The highest BCUT2D eigenvalue weighted by Gasteiger charge is 2.46. The van der Waals surface area contributed by atoms with Crippen LogP contribution in [0.2, 0.25) is 0 Å². The first-order valence-corrected chi connectivity index (χ1v) is 7.38. The molecule has 0 aromatic heterocycles. The summed E-state index contributed by atoms with van der Waals surface area (Å²) in [6, 6.07) is 9.16. The van der Waals surface area contributed by atoms with Crippen molar-refractivity contribution in [1.82, 2.24) is 10.3 Å². The van der Waals surface area contributed by atoms with Crippen LogP contribution in [0.4, 0.5) is 4.79 Å². The average molecular weight is 350 g/mol. The Bertz CT molecular complexity index is 613. The Morgan fingerprint density at radius 2 is 2.05 bits per heavy atom. The third kappa shape index (κ3) is 3.39. The number of hydrogen-bond donors (Lipinski definition) is 1. The Morgan fingerprint density at radius 1 is 1.38 bits per heavy atom. The zero-order valence-electron chi connectivity index (χ0n) is 11.8. The summed E-state index contributed by atoms with van der Waals surface area (Å²) in [6.45, 7) is 3.54. The van der Waals surface area contributed by atoms with Crippen molar-refractivity contribution in [3.8, 4) is 0 Å². The van der Waals surface area contributed by atoms with E-state index in [1.165, 1.54) is 6.21 Å². The van der Waals surface area contributed by atoms with E-state index in [-0.39, 0.29) is 5.91 Å². The van der Waals surface area contributed by atoms with E-state index in [1.807, 2.05) is 43.3 Å². The second kappa shape index (κ2) is 6.22. The Kier molecular flexibility index (Phi) is 4.57. The molecule has 6 heteroatoms. The van der Waals surface area contributed by atoms with Crippen molar-refractivity contribution in [3.63, 3.8) is 0 Å². The molecule has 1 aliphatic heterocycles. The maximum atomic E-state index is 12.1. The second-order valence-electron chi connectivity index (χ2n) is 4.92. The fraction of sp³-hybridized carbons (Fsp3) is 0.267. The molecule has 0 radical (unpaired) electrons. The Hall–Kier alpha value is -1.95. The third-order valence-electron chi connectivity index (χ3n) is 3.35. The van der Waals surface area contributed by atoms with Gasteiger partial charge in [-0.05, 0) is 40.9 Å². The number of rotatable bonds is 4. The van der Waals surface area contributed by atoms with E-state index in [4.69, 9.17) is 0 Å². The van der Waals surface area contributed by atoms with Crippen molar-refractivity contribution in [2.24, 2.45) is 5.10 Å². The van der Waals surface area contributed by atoms with E-state index >= 15 is 0 Å². The van der Waals surface area contributed by atoms with Gasteiger partial charge in [0.15, 0.2) is 0 Å². The van der Waals surface area contributed by atoms with Crippen LogP contribution < -0.4 is 5.32 Å². The Labute approximate surface area is 131 Å². The Balaban J connectivity index is 2.13. The maximum Gasteiger partial charge on any atom is 0.346 e. The number of benzene rings is 1. The number of nitrogens with zero attached hydrogens (tertiary/aromatic N) is 2. The first-order chi connectivity index (χ1) is 9.96. The molecule has 1 aliphatic rings. The van der Waals surface area contributed by atoms with Gasteiger partial charge in [0, 0.05) is 4.48 Å². The first kappa shape index (κ1) is 15.4. The molecule has 0 spiro atoms. The average Bonchev–Trinajstić information content (AvgIpc) is 2.69. The molecule has 21 heavy (non-hydrogen) atoms. The third-order valence-corrected chi connectivity index (χ3v) is 3.78. The van der Waals surface area contributed by atoms with Crippen molar-refractivity contribution < 1.29 is 9.59 Å². The van der Waals surface area contributed by atoms with Crippen LogP contribution in [0, 0.1) is 0 Å². The molecule has 0 bridgehead atoms. The number of allylic oxidation sites excluding steroid dienone is 1. The van der Waals surface area contributed by atoms with Gasteiger partial charge in [-0.25, -0.2) is 4.79 Å². The fourth-order valence-electron chi connectivity index (χ4n) is 1.87. The predicted molar refractivity (Wildman–Crippen MR) is 85.9 cm³/mol. The smallest absolute Gasteiger partial charge is 0.322 e. The van der Waals surface area contributed by atoms with Gasteiger partial charge in [0.2, 0.25) is 0 Å². The number of nitrogens with one attached hydrogen (secondary N) is 1. The highest BCUT2D eigenvalue weighted by molar-refractivity contribution is 9.12. The fourth-order valence-corrected chi connectivity index (χ4v) is 2.23. The molecule has 0 unspecified atom stereocenters. The SMILES string of the molecule is CC[C@@]1(C)NC(=O)N(N=C/C(Br)=C\c2ccccc2)C1=O. The van der Waals surface area contributed by atoms with E-state index in [9.17, 15) is 9.59 Å². The highest BCUT2D eigenvalue weighted by atomic mass is 79.9. The predicted octanol–water partition coefficient (Wildman–Crippen LogP) is 3.13. The lowest BCUT2D eigenvalue weighted by atomic mass is 10.00. The van der Waals surface area contributed by atoms with Crippen molar-refractivity contribution in [2.45, 2.75) is 25.8 Å². The first-order valence-electron chi connectivity index (χ1n) is 6.59. The van der Waals surface area contributed by atoms with Crippen LogP contribution in [0.3, 0.4) is 0 Å². The molecule has 110 valence electrons. The number of hydrazone groups is 1. The largest absolute Gasteiger partial charge is 0.346 e. The van der Waals surface area contributed by atoms with Crippen molar-refractivity contribution >= 4 is 40.2 Å². The monoisotopic (exact) mass is 349 g/mol. The molecular weight excluding hydrogens is 334 g/mol. The van der Waals surface area contributed by atoms with Gasteiger partial charge in [0.05, 0.1) is 6.21 Å². The van der Waals surface area contributed by atoms with Crippen LogP contribution in [-0.2, 0) is 4.79 Å². The molecule has 1 aromatic carbocycles. The number of imide groups is 1. The van der Waals surface area contributed by atoms with E-state index in [0.29, 0.717) is 10.9 Å². The molecule has 2 rings (SSSR count). The normalized spacial score (nSPS) is 23.0. The molecular formula is C15H16BrN3O2. The summed E-state index contributed by atoms with van der Waals surface area (Å²) in [4.78, 5) is 23.9. The zero-order valence-corrected chi connectivity index (χ0v) is 13.4. The van der Waals surface area contributed by atoms with Crippen LogP contribution in [0.1, 0.15) is 25.8 Å². The molecule has 1 N–H and O–H groups in total. The molecule has 3 amide bonds. The molecule has 1 saturated heterocycles. The summed E-state index contributed by atoms with van der Waals surface area (Å²) in [6.07, 6.45) is 3.80. The summed E-state index contributed by atoms with van der Waals surface area (Å²) < 4.78 is 0.666. The van der Waals surface area contributed by atoms with E-state index in [2.05, 4.69) is 26.3 Å². The van der Waals surface area contributed by atoms with Crippen molar-refractivity contribution in [1.29, 1.82) is 0 Å². The van der Waals surface area contributed by atoms with Gasteiger partial charge in [0.25, 0.3) is 5.91 Å². The number of urea groups is 1. The summed E-state index contributed by atoms with van der Waals surface area (Å²) in [5.41, 5.74) is 0.121. The van der Waals surface area contributed by atoms with Crippen LogP contribution >= 0.6 is 15.9 Å². The summed E-state index contributed by atoms with van der Waals surface area (Å²) in [7, 11) is 0. The summed E-state index contributed by atoms with van der Waals surface area (Å²) in [5, 5.41) is 7.46. The lowest BCUT2D eigenvalue weighted by molar-refractivity contribution is -0.130. The van der Waals surface area contributed by atoms with Gasteiger partial charge in [-0.15, -0.1) is 5.01 Å². The van der Waals surface area contributed by atoms with Crippen LogP contribution in [0.5, 0.6) is 0 Å². The second-order valence-corrected chi connectivity index (χ2v) is 5.83. The summed E-state index contributed by atoms with van der Waals surface area (Å²) >= 11 is 3.35. The van der Waals surface area contributed by atoms with E-state index in [1.54, 1.807) is 6.92 Å². The molecule has 1 fully saturated rings. The molecule has 1 heterocycles. The number of carbonyl (C=O) groups excluding carboxylic acids is 2. The lowest BCUT2D eigenvalue weighted by Gasteiger charge is -2.17. The minimum Gasteiger partial charge on any atom is -0.322 e. The Morgan fingerprint density at radius 3 is 2.62 bits per heavy atom. The highest BCUT2D eigenvalue weighted by Crippen LogP contribution is 2.21. The topological polar surface area (TPSA) is 61.8 Å². The molecule has 5 nitrogen and oxygen atoms in total. The number of amides is 3. The molecule has 0 aliphatic carbocycles. The van der Waals surface area contributed by atoms with Gasteiger partial charge in [-0.1, -0.05) is 37.3 Å². The van der Waals surface area contributed by atoms with Gasteiger partial charge < -0.3 is 5.32 Å². The quantitative estimate of drug-likeness (QED) is 0.670. The minimum atomic E-state index is -0.871. The van der Waals surface area contributed by atoms with Gasteiger partial charge in [-0.2, -0.15) is 5.10 Å². The minimum absolute atomic E-state index is 0.341. The van der Waals surface area contributed by atoms with Gasteiger partial charge in [0.1, 0.15) is 5.54 Å². The zero-order chi connectivity index (χ0) is 15.5. The number of halogens is 1. The van der Waals surface area contributed by atoms with Gasteiger partial charge in [-0.3, -0.25) is 4.79 Å². The molecule has 0 saturated carbocycles. The van der Waals surface area contributed by atoms with Crippen molar-refractivity contribution in [3.05, 3.63) is 40.4 Å². The van der Waals surface area contributed by atoms with Gasteiger partial charge >= 0.3 is 6.03 Å². The van der Waals surface area contributed by atoms with Crippen molar-refractivity contribution in [2.75, 3.05) is 0 Å². The van der Waals surface area contributed by atoms with Crippen LogP contribution in [0.15, 0.2) is 39.9 Å². The molecule has 1 aromatic rings. The van der Waals surface area contributed by atoms with E-state index in [0.717, 1.165) is 10.6 Å². The standard InChI is InChI=1S/C15H16BrN3O2/c1-3-15(2)13(20)19(14(21)18-15)17-10-12(16)9-11-7-5-4-6-8-11/h4-10H,3H2,1-2H3,(H,18,21)/b12-9+,17-10?/t15-/m1/s1. The maximum absolute atomic E-state index is 12.1. The molecule has 1 atom stereocenters. The van der Waals surface area contributed by atoms with E-state index < -0.39 is 11.6 Å². The number of hydrogen-bond acceptors (Lipinski definition) is 3. The van der Waals surface area contributed by atoms with Crippen LogP contribution in [0.25, 0.3) is 6.08 Å². The van der Waals surface area contributed by atoms with Crippen LogP contribution in [-0.4, -0.2) is 28.7 Å². The lowest BCUT2D eigenvalue weighted by Crippen LogP contribution is -2.42. The summed E-state index contributed by atoms with van der Waals surface area (Å²) in [5.74, 6) is -0.341.